The van der Waals surface area contributed by atoms with Crippen LogP contribution in [0.2, 0.25) is 0 Å². The molecule has 0 bridgehead atoms. The van der Waals surface area contributed by atoms with Crippen molar-refractivity contribution in [2.24, 2.45) is 5.92 Å². The van der Waals surface area contributed by atoms with Crippen LogP contribution >= 0.6 is 0 Å². The molecular weight excluding hydrogens is 442 g/mol. The van der Waals surface area contributed by atoms with Gasteiger partial charge in [-0.2, -0.15) is 19.6 Å². The summed E-state index contributed by atoms with van der Waals surface area (Å²) in [4.78, 5) is 22.1. The quantitative estimate of drug-likeness (QED) is 0.454. The van der Waals surface area contributed by atoms with Crippen molar-refractivity contribution >= 4 is 23.5 Å². The first-order chi connectivity index (χ1) is 17.2. The lowest BCUT2D eigenvalue weighted by Gasteiger charge is -2.22. The molecule has 184 valence electrons. The minimum atomic E-state index is -0.0103. The summed E-state index contributed by atoms with van der Waals surface area (Å²) in [7, 11) is 0. The lowest BCUT2D eigenvalue weighted by molar-refractivity contribution is 0.0699. The summed E-state index contributed by atoms with van der Waals surface area (Å²) in [6.07, 6.45) is 10.9. The first-order valence-electron chi connectivity index (χ1n) is 13.0. The normalized spacial score (nSPS) is 19.2. The fourth-order valence-electron chi connectivity index (χ4n) is 5.00. The third-order valence-corrected chi connectivity index (χ3v) is 7.32. The maximum Gasteiger partial charge on any atom is 0.251 e. The number of aromatic nitrogens is 4. The van der Waals surface area contributed by atoms with Crippen LogP contribution in [0.25, 0.3) is 16.8 Å². The number of carbonyl (C=O) groups excluding carboxylic acids is 1. The van der Waals surface area contributed by atoms with Crippen LogP contribution in [0.15, 0.2) is 30.5 Å². The molecule has 2 aliphatic carbocycles. The molecule has 0 atom stereocenters. The molecule has 9 nitrogen and oxygen atoms in total. The van der Waals surface area contributed by atoms with Gasteiger partial charge in [-0.05, 0) is 62.1 Å². The van der Waals surface area contributed by atoms with Crippen molar-refractivity contribution in [3.05, 3.63) is 36.0 Å². The van der Waals surface area contributed by atoms with Crippen molar-refractivity contribution in [3.8, 4) is 11.1 Å². The van der Waals surface area contributed by atoms with Gasteiger partial charge in [-0.3, -0.25) is 4.79 Å². The zero-order valence-electron chi connectivity index (χ0n) is 20.0. The fourth-order valence-corrected chi connectivity index (χ4v) is 5.00. The smallest absolute Gasteiger partial charge is 0.251 e. The molecule has 0 spiro atoms. The first-order valence-corrected chi connectivity index (χ1v) is 13.0. The van der Waals surface area contributed by atoms with Gasteiger partial charge in [0.1, 0.15) is 0 Å². The van der Waals surface area contributed by atoms with Crippen molar-refractivity contribution in [3.63, 3.8) is 0 Å². The summed E-state index contributed by atoms with van der Waals surface area (Å²) in [5, 5.41) is 14.8. The first kappa shape index (κ1) is 22.3. The lowest BCUT2D eigenvalue weighted by atomic mass is 10.0. The monoisotopic (exact) mass is 475 g/mol. The third-order valence-electron chi connectivity index (χ3n) is 7.32. The average molecular weight is 476 g/mol. The molecular formula is C26H33N7O2. The van der Waals surface area contributed by atoms with Gasteiger partial charge < -0.3 is 20.7 Å². The van der Waals surface area contributed by atoms with Crippen LogP contribution < -0.4 is 16.0 Å². The minimum Gasteiger partial charge on any atom is -0.381 e. The van der Waals surface area contributed by atoms with Crippen LogP contribution in [0.5, 0.6) is 0 Å². The summed E-state index contributed by atoms with van der Waals surface area (Å²) >= 11 is 0. The Morgan fingerprint density at radius 3 is 2.49 bits per heavy atom. The van der Waals surface area contributed by atoms with Crippen molar-refractivity contribution in [1.29, 1.82) is 0 Å². The molecule has 3 fully saturated rings. The molecule has 0 unspecified atom stereocenters. The standard InChI is InChI=1S/C26H33N7O2/c34-24(29-21-9-10-21)19-7-5-18(6-8-19)22-16-28-33-23(22)31-25(30-20-3-1-2-4-20)32-26(33)27-15-17-11-13-35-14-12-17/h5-8,16-17,20-21H,1-4,9-15H2,(H,29,34)(H2,27,30,31,32). The van der Waals surface area contributed by atoms with E-state index in [4.69, 9.17) is 14.7 Å². The Balaban J connectivity index is 1.29. The predicted molar refractivity (Wildman–Crippen MR) is 135 cm³/mol. The molecule has 3 aromatic rings. The number of ether oxygens (including phenoxy) is 1. The Morgan fingerprint density at radius 1 is 0.971 bits per heavy atom. The van der Waals surface area contributed by atoms with Gasteiger partial charge >= 0.3 is 0 Å². The molecule has 3 N–H and O–H groups in total. The number of nitrogens with one attached hydrogen (secondary N) is 3. The van der Waals surface area contributed by atoms with Crippen LogP contribution in [-0.2, 0) is 4.74 Å². The number of fused-ring (bicyclic) bond motifs is 1. The Kier molecular flexibility index (Phi) is 6.24. The van der Waals surface area contributed by atoms with Gasteiger partial charge in [-0.1, -0.05) is 25.0 Å². The predicted octanol–water partition coefficient (Wildman–Crippen LogP) is 3.88. The van der Waals surface area contributed by atoms with Gasteiger partial charge in [0.2, 0.25) is 11.9 Å². The number of hydrogen-bond donors (Lipinski definition) is 3. The average Bonchev–Trinajstić information content (AvgIpc) is 3.36. The second kappa shape index (κ2) is 9.81. The van der Waals surface area contributed by atoms with Gasteiger partial charge in [0, 0.05) is 43.0 Å². The van der Waals surface area contributed by atoms with Crippen molar-refractivity contribution < 1.29 is 9.53 Å². The molecule has 3 aliphatic rings. The Bertz CT molecular complexity index is 1180. The Morgan fingerprint density at radius 2 is 1.74 bits per heavy atom. The summed E-state index contributed by atoms with van der Waals surface area (Å²) in [5.74, 6) is 1.89. The van der Waals surface area contributed by atoms with Gasteiger partial charge in [-0.25, -0.2) is 0 Å². The van der Waals surface area contributed by atoms with E-state index in [2.05, 4.69) is 21.0 Å². The summed E-state index contributed by atoms with van der Waals surface area (Å²) in [6.45, 7) is 2.47. The molecule has 6 rings (SSSR count). The van der Waals surface area contributed by atoms with Crippen LogP contribution in [0.1, 0.15) is 61.7 Å². The molecule has 1 aromatic carbocycles. The highest BCUT2D eigenvalue weighted by molar-refractivity contribution is 5.95. The number of rotatable bonds is 8. The Hall–Kier alpha value is -3.20. The van der Waals surface area contributed by atoms with Gasteiger partial charge in [0.05, 0.1) is 6.20 Å². The van der Waals surface area contributed by atoms with Gasteiger partial charge in [0.25, 0.3) is 5.91 Å². The van der Waals surface area contributed by atoms with E-state index < -0.39 is 0 Å². The topological polar surface area (TPSA) is 105 Å². The molecule has 35 heavy (non-hydrogen) atoms. The van der Waals surface area contributed by atoms with Crippen LogP contribution in [0, 0.1) is 5.92 Å². The van der Waals surface area contributed by atoms with Crippen LogP contribution in [0.4, 0.5) is 11.9 Å². The second-order valence-corrected chi connectivity index (χ2v) is 10.1. The minimum absolute atomic E-state index is 0.0103. The van der Waals surface area contributed by atoms with E-state index in [0.29, 0.717) is 35.5 Å². The zero-order chi connectivity index (χ0) is 23.6. The maximum absolute atomic E-state index is 12.4. The molecule has 9 heteroatoms. The number of nitrogens with zero attached hydrogens (tertiary/aromatic N) is 4. The van der Waals surface area contributed by atoms with E-state index in [1.165, 1.54) is 12.8 Å². The van der Waals surface area contributed by atoms with E-state index in [-0.39, 0.29) is 5.91 Å². The maximum atomic E-state index is 12.4. The largest absolute Gasteiger partial charge is 0.381 e. The number of amides is 1. The number of carbonyl (C=O) groups is 1. The molecule has 0 radical (unpaired) electrons. The van der Waals surface area contributed by atoms with E-state index >= 15 is 0 Å². The van der Waals surface area contributed by atoms with Crippen molar-refractivity contribution in [2.75, 3.05) is 30.4 Å². The highest BCUT2D eigenvalue weighted by Gasteiger charge is 2.24. The molecule has 1 saturated heterocycles. The summed E-state index contributed by atoms with van der Waals surface area (Å²) in [6, 6.07) is 8.45. The van der Waals surface area contributed by atoms with E-state index in [1.807, 2.05) is 30.5 Å². The van der Waals surface area contributed by atoms with Gasteiger partial charge in [-0.15, -0.1) is 0 Å². The number of anilines is 2. The summed E-state index contributed by atoms with van der Waals surface area (Å²) in [5.41, 5.74) is 3.33. The highest BCUT2D eigenvalue weighted by Crippen LogP contribution is 2.28. The van der Waals surface area contributed by atoms with E-state index in [9.17, 15) is 4.79 Å². The molecule has 2 aromatic heterocycles. The van der Waals surface area contributed by atoms with Gasteiger partial charge in [0.15, 0.2) is 5.65 Å². The lowest BCUT2D eigenvalue weighted by Crippen LogP contribution is -2.25. The zero-order valence-corrected chi connectivity index (χ0v) is 20.0. The number of benzene rings is 1. The molecule has 1 amide bonds. The van der Waals surface area contributed by atoms with Crippen LogP contribution in [-0.4, -0.2) is 57.3 Å². The second-order valence-electron chi connectivity index (χ2n) is 10.1. The fraction of sp³-hybridized carbons (Fsp3) is 0.538. The van der Waals surface area contributed by atoms with E-state index in [1.54, 1.807) is 4.52 Å². The van der Waals surface area contributed by atoms with Crippen LogP contribution in [0.3, 0.4) is 0 Å². The molecule has 1 aliphatic heterocycles. The molecule has 3 heterocycles. The van der Waals surface area contributed by atoms with E-state index in [0.717, 1.165) is 75.1 Å². The summed E-state index contributed by atoms with van der Waals surface area (Å²) < 4.78 is 7.30. The highest BCUT2D eigenvalue weighted by atomic mass is 16.5. The SMILES string of the molecule is O=C(NC1CC1)c1ccc(-c2cnn3c(NCC4CCOCC4)nc(NC4CCCC4)nc23)cc1. The third kappa shape index (κ3) is 5.10. The van der Waals surface area contributed by atoms with Crippen molar-refractivity contribution in [2.45, 2.75) is 63.5 Å². The molecule has 2 saturated carbocycles. The number of hydrogen-bond acceptors (Lipinski definition) is 7. The van der Waals surface area contributed by atoms with Crippen molar-refractivity contribution in [1.82, 2.24) is 24.9 Å². The Labute approximate surface area is 205 Å².